The summed E-state index contributed by atoms with van der Waals surface area (Å²) in [6.07, 6.45) is -0.537. The number of aliphatic hydroxyl groups is 1. The van der Waals surface area contributed by atoms with Crippen LogP contribution in [0.4, 0.5) is 11.6 Å². The molecular weight excluding hydrogens is 270 g/mol. The van der Waals surface area contributed by atoms with Crippen molar-refractivity contribution in [1.82, 2.24) is 5.16 Å². The summed E-state index contributed by atoms with van der Waals surface area (Å²) < 4.78 is 4.95. The molecule has 6 nitrogen and oxygen atoms in total. The molecule has 1 atom stereocenters. The Morgan fingerprint density at radius 3 is 2.71 bits per heavy atom. The van der Waals surface area contributed by atoms with Crippen LogP contribution in [0.2, 0.25) is 0 Å². The molecule has 0 radical (unpaired) electrons. The number of hydrogen-bond acceptors (Lipinski definition) is 5. The van der Waals surface area contributed by atoms with E-state index in [0.717, 1.165) is 5.69 Å². The summed E-state index contributed by atoms with van der Waals surface area (Å²) in [7, 11) is 0. The predicted octanol–water partition coefficient (Wildman–Crippen LogP) is 1.81. The van der Waals surface area contributed by atoms with E-state index in [1.165, 1.54) is 0 Å². The van der Waals surface area contributed by atoms with Gasteiger partial charge in [0.1, 0.15) is 0 Å². The first-order valence-corrected chi connectivity index (χ1v) is 6.76. The first kappa shape index (κ1) is 15.1. The van der Waals surface area contributed by atoms with E-state index >= 15 is 0 Å². The maximum Gasteiger partial charge on any atom is 0.246 e. The molecule has 2 rings (SSSR count). The van der Waals surface area contributed by atoms with Crippen LogP contribution in [0.1, 0.15) is 12.6 Å². The zero-order chi connectivity index (χ0) is 15.2. The van der Waals surface area contributed by atoms with E-state index < -0.39 is 6.10 Å². The fraction of sp³-hybridized carbons (Fsp3) is 0.333. The first-order valence-electron chi connectivity index (χ1n) is 6.76. The SMILES string of the molecule is Cc1cc(NC(=O)CN(C[C@@H](C)O)c2ccccc2)on1. The smallest absolute Gasteiger partial charge is 0.246 e. The Hall–Kier alpha value is -2.34. The highest BCUT2D eigenvalue weighted by Crippen LogP contribution is 2.14. The summed E-state index contributed by atoms with van der Waals surface area (Å²) in [5, 5.41) is 15.9. The van der Waals surface area contributed by atoms with E-state index in [2.05, 4.69) is 10.5 Å². The van der Waals surface area contributed by atoms with E-state index in [9.17, 15) is 9.90 Å². The number of nitrogens with one attached hydrogen (secondary N) is 1. The highest BCUT2D eigenvalue weighted by atomic mass is 16.5. The quantitative estimate of drug-likeness (QED) is 0.848. The predicted molar refractivity (Wildman–Crippen MR) is 80.2 cm³/mol. The van der Waals surface area contributed by atoms with Gasteiger partial charge in [-0.2, -0.15) is 0 Å². The number of hydrogen-bond donors (Lipinski definition) is 2. The largest absolute Gasteiger partial charge is 0.392 e. The molecule has 1 heterocycles. The number of aromatic nitrogens is 1. The molecule has 21 heavy (non-hydrogen) atoms. The summed E-state index contributed by atoms with van der Waals surface area (Å²) in [5.41, 5.74) is 1.58. The molecule has 2 aromatic rings. The van der Waals surface area contributed by atoms with Gasteiger partial charge in [-0.3, -0.25) is 10.1 Å². The van der Waals surface area contributed by atoms with Crippen LogP contribution >= 0.6 is 0 Å². The Bertz CT molecular complexity index is 581. The highest BCUT2D eigenvalue weighted by molar-refractivity contribution is 5.92. The summed E-state index contributed by atoms with van der Waals surface area (Å²) in [5.74, 6) is 0.0956. The topological polar surface area (TPSA) is 78.6 Å². The van der Waals surface area contributed by atoms with Crippen LogP contribution < -0.4 is 10.2 Å². The molecule has 1 amide bonds. The van der Waals surface area contributed by atoms with Gasteiger partial charge >= 0.3 is 0 Å². The Kier molecular flexibility index (Phi) is 4.94. The van der Waals surface area contributed by atoms with Crippen LogP contribution in [0.3, 0.4) is 0 Å². The zero-order valence-corrected chi connectivity index (χ0v) is 12.1. The van der Waals surface area contributed by atoms with Gasteiger partial charge in [0.2, 0.25) is 11.8 Å². The number of carbonyl (C=O) groups is 1. The molecule has 0 bridgehead atoms. The third kappa shape index (κ3) is 4.61. The summed E-state index contributed by atoms with van der Waals surface area (Å²) in [6.45, 7) is 3.96. The van der Waals surface area contributed by atoms with Gasteiger partial charge in [-0.05, 0) is 26.0 Å². The average molecular weight is 289 g/mol. The van der Waals surface area contributed by atoms with Crippen LogP contribution in [0, 0.1) is 6.92 Å². The molecule has 1 aromatic carbocycles. The van der Waals surface area contributed by atoms with E-state index in [4.69, 9.17) is 4.52 Å². The molecule has 0 unspecified atom stereocenters. The minimum absolute atomic E-state index is 0.120. The highest BCUT2D eigenvalue weighted by Gasteiger charge is 2.15. The van der Waals surface area contributed by atoms with Crippen molar-refractivity contribution in [1.29, 1.82) is 0 Å². The number of carbonyl (C=O) groups excluding carboxylic acids is 1. The molecular formula is C15H19N3O3. The lowest BCUT2D eigenvalue weighted by molar-refractivity contribution is -0.115. The molecule has 112 valence electrons. The number of para-hydroxylation sites is 1. The Labute approximate surface area is 123 Å². The molecule has 0 fully saturated rings. The Morgan fingerprint density at radius 1 is 1.43 bits per heavy atom. The van der Waals surface area contributed by atoms with E-state index in [1.54, 1.807) is 19.9 Å². The second-order valence-corrected chi connectivity index (χ2v) is 4.95. The normalized spacial score (nSPS) is 12.0. The fourth-order valence-corrected chi connectivity index (χ4v) is 1.99. The molecule has 0 aliphatic heterocycles. The van der Waals surface area contributed by atoms with Crippen LogP contribution in [-0.2, 0) is 4.79 Å². The lowest BCUT2D eigenvalue weighted by Gasteiger charge is -2.25. The molecule has 1 aromatic heterocycles. The van der Waals surface area contributed by atoms with Crippen LogP contribution in [0.5, 0.6) is 0 Å². The molecule has 0 saturated heterocycles. The number of amides is 1. The Balaban J connectivity index is 2.02. The molecule has 2 N–H and O–H groups in total. The van der Waals surface area contributed by atoms with Crippen LogP contribution in [-0.4, -0.2) is 35.4 Å². The van der Waals surface area contributed by atoms with Gasteiger partial charge in [0.15, 0.2) is 0 Å². The number of anilines is 2. The van der Waals surface area contributed by atoms with Crippen LogP contribution in [0.25, 0.3) is 0 Å². The standard InChI is InChI=1S/C15H19N3O3/c1-11-8-15(21-17-11)16-14(20)10-18(9-12(2)19)13-6-4-3-5-7-13/h3-8,12,19H,9-10H2,1-2H3,(H,16,20)/t12-/m1/s1. The number of nitrogens with zero attached hydrogens (tertiary/aromatic N) is 2. The maximum atomic E-state index is 12.1. The molecule has 0 spiro atoms. The van der Waals surface area contributed by atoms with Gasteiger partial charge in [0, 0.05) is 18.3 Å². The lowest BCUT2D eigenvalue weighted by Crippen LogP contribution is -2.37. The van der Waals surface area contributed by atoms with Crippen molar-refractivity contribution in [2.75, 3.05) is 23.3 Å². The van der Waals surface area contributed by atoms with E-state index in [0.29, 0.717) is 18.1 Å². The molecule has 6 heteroatoms. The number of rotatable bonds is 6. The second-order valence-electron chi connectivity index (χ2n) is 4.95. The van der Waals surface area contributed by atoms with Crippen molar-refractivity contribution in [2.24, 2.45) is 0 Å². The summed E-state index contributed by atoms with van der Waals surface area (Å²) >= 11 is 0. The van der Waals surface area contributed by atoms with Gasteiger partial charge in [-0.15, -0.1) is 0 Å². The van der Waals surface area contributed by atoms with E-state index in [1.807, 2.05) is 35.2 Å². The van der Waals surface area contributed by atoms with Crippen molar-refractivity contribution in [2.45, 2.75) is 20.0 Å². The van der Waals surface area contributed by atoms with E-state index in [-0.39, 0.29) is 12.5 Å². The first-order chi connectivity index (χ1) is 10.0. The van der Waals surface area contributed by atoms with Crippen molar-refractivity contribution >= 4 is 17.5 Å². The zero-order valence-electron chi connectivity index (χ0n) is 12.1. The third-order valence-electron chi connectivity index (χ3n) is 2.83. The van der Waals surface area contributed by atoms with Gasteiger partial charge in [0.05, 0.1) is 18.3 Å². The molecule has 0 aliphatic rings. The van der Waals surface area contributed by atoms with Gasteiger partial charge in [0.25, 0.3) is 0 Å². The van der Waals surface area contributed by atoms with Gasteiger partial charge in [-0.25, -0.2) is 0 Å². The average Bonchev–Trinajstić information content (AvgIpc) is 2.83. The van der Waals surface area contributed by atoms with Crippen molar-refractivity contribution in [3.05, 3.63) is 42.1 Å². The maximum absolute atomic E-state index is 12.1. The third-order valence-corrected chi connectivity index (χ3v) is 2.83. The lowest BCUT2D eigenvalue weighted by atomic mass is 10.2. The minimum Gasteiger partial charge on any atom is -0.392 e. The Morgan fingerprint density at radius 2 is 2.14 bits per heavy atom. The number of aliphatic hydroxyl groups excluding tert-OH is 1. The van der Waals surface area contributed by atoms with Crippen molar-refractivity contribution in [3.63, 3.8) is 0 Å². The molecule has 0 aliphatic carbocycles. The number of benzene rings is 1. The monoisotopic (exact) mass is 289 g/mol. The number of aryl methyl sites for hydroxylation is 1. The second kappa shape index (κ2) is 6.90. The van der Waals surface area contributed by atoms with Gasteiger partial charge in [-0.1, -0.05) is 23.4 Å². The van der Waals surface area contributed by atoms with Crippen LogP contribution in [0.15, 0.2) is 40.9 Å². The van der Waals surface area contributed by atoms with Crippen molar-refractivity contribution in [3.8, 4) is 0 Å². The minimum atomic E-state index is -0.537. The summed E-state index contributed by atoms with van der Waals surface area (Å²) in [4.78, 5) is 13.9. The fourth-order valence-electron chi connectivity index (χ4n) is 1.99. The summed E-state index contributed by atoms with van der Waals surface area (Å²) in [6, 6.07) is 11.1. The van der Waals surface area contributed by atoms with Gasteiger partial charge < -0.3 is 14.5 Å². The molecule has 0 saturated carbocycles. The van der Waals surface area contributed by atoms with Crippen molar-refractivity contribution < 1.29 is 14.4 Å².